The fourth-order valence-electron chi connectivity index (χ4n) is 4.90. The van der Waals surface area contributed by atoms with Crippen LogP contribution in [0.2, 0.25) is 10.0 Å². The number of amides is 3. The lowest BCUT2D eigenvalue weighted by Gasteiger charge is -2.36. The van der Waals surface area contributed by atoms with Crippen molar-refractivity contribution in [1.82, 2.24) is 10.2 Å². The Hall–Kier alpha value is -3.63. The van der Waals surface area contributed by atoms with E-state index < -0.39 is 23.5 Å². The van der Waals surface area contributed by atoms with Gasteiger partial charge in [-0.05, 0) is 49.1 Å². The van der Waals surface area contributed by atoms with E-state index in [0.29, 0.717) is 36.9 Å². The van der Waals surface area contributed by atoms with Gasteiger partial charge in [0.1, 0.15) is 6.04 Å². The lowest BCUT2D eigenvalue weighted by Crippen LogP contribution is -2.46. The Kier molecular flexibility index (Phi) is 11.1. The number of anilines is 1. The molecule has 1 aliphatic heterocycles. The van der Waals surface area contributed by atoms with Crippen LogP contribution < -0.4 is 10.6 Å². The van der Waals surface area contributed by atoms with Crippen molar-refractivity contribution < 1.29 is 33.4 Å². The van der Waals surface area contributed by atoms with Crippen molar-refractivity contribution in [2.45, 2.75) is 56.5 Å². The molecule has 2 N–H and O–H groups in total. The van der Waals surface area contributed by atoms with Gasteiger partial charge in [-0.1, -0.05) is 41.4 Å². The predicted octanol–water partition coefficient (Wildman–Crippen LogP) is 4.17. The van der Waals surface area contributed by atoms with Gasteiger partial charge in [-0.25, -0.2) is 4.79 Å². The SMILES string of the molecule is COC(=O)CCC1(CCC(=O)NC(Cc2ccc(NC(=O)c3c(Cl)cccc3Cl)cc2)C(=O)OC)CCC(=O)N1C. The number of carbonyl (C=O) groups excluding carboxylic acids is 5. The molecule has 0 saturated carbocycles. The minimum atomic E-state index is -0.955. The molecule has 2 unspecified atom stereocenters. The molecule has 220 valence electrons. The molecule has 3 amide bonds. The molecule has 1 saturated heterocycles. The highest BCUT2D eigenvalue weighted by atomic mass is 35.5. The molecule has 1 heterocycles. The van der Waals surface area contributed by atoms with Gasteiger partial charge in [0.25, 0.3) is 5.91 Å². The van der Waals surface area contributed by atoms with Crippen molar-refractivity contribution in [1.29, 1.82) is 0 Å². The van der Waals surface area contributed by atoms with Crippen LogP contribution in [0.25, 0.3) is 0 Å². The van der Waals surface area contributed by atoms with Crippen LogP contribution >= 0.6 is 23.2 Å². The summed E-state index contributed by atoms with van der Waals surface area (Å²) in [5.41, 5.74) is 0.720. The largest absolute Gasteiger partial charge is 0.469 e. The van der Waals surface area contributed by atoms with E-state index in [1.165, 1.54) is 14.2 Å². The number of nitrogens with zero attached hydrogens (tertiary/aromatic N) is 1. The van der Waals surface area contributed by atoms with Crippen LogP contribution in [0.3, 0.4) is 0 Å². The van der Waals surface area contributed by atoms with Gasteiger partial charge < -0.3 is 25.0 Å². The number of likely N-dealkylation sites (tertiary alicyclic amines) is 1. The monoisotopic (exact) mass is 605 g/mol. The number of esters is 2. The second-order valence-corrected chi connectivity index (χ2v) is 10.7. The van der Waals surface area contributed by atoms with Crippen LogP contribution in [0.4, 0.5) is 5.69 Å². The van der Waals surface area contributed by atoms with Gasteiger partial charge in [0.2, 0.25) is 11.8 Å². The Morgan fingerprint density at radius 1 is 0.976 bits per heavy atom. The van der Waals surface area contributed by atoms with Crippen LogP contribution in [-0.4, -0.2) is 67.4 Å². The third-order valence-electron chi connectivity index (χ3n) is 7.39. The third-order valence-corrected chi connectivity index (χ3v) is 8.02. The number of hydrogen-bond donors (Lipinski definition) is 2. The molecule has 0 spiro atoms. The summed E-state index contributed by atoms with van der Waals surface area (Å²) in [5, 5.41) is 5.92. The molecule has 2 aromatic rings. The van der Waals surface area contributed by atoms with Gasteiger partial charge in [0.05, 0.1) is 29.8 Å². The van der Waals surface area contributed by atoms with Crippen LogP contribution in [0.15, 0.2) is 42.5 Å². The molecule has 3 rings (SSSR count). The predicted molar refractivity (Wildman–Crippen MR) is 154 cm³/mol. The highest BCUT2D eigenvalue weighted by molar-refractivity contribution is 6.40. The van der Waals surface area contributed by atoms with Crippen molar-refractivity contribution in [3.8, 4) is 0 Å². The fraction of sp³-hybridized carbons (Fsp3) is 0.414. The van der Waals surface area contributed by atoms with Gasteiger partial charge in [-0.3, -0.25) is 19.2 Å². The first kappa shape index (κ1) is 31.9. The Bertz CT molecular complexity index is 1280. The van der Waals surface area contributed by atoms with Crippen LogP contribution in [-0.2, 0) is 35.1 Å². The van der Waals surface area contributed by atoms with Crippen molar-refractivity contribution in [3.05, 3.63) is 63.6 Å². The molecule has 10 nitrogen and oxygen atoms in total. The number of nitrogens with one attached hydrogen (secondary N) is 2. The number of methoxy groups -OCH3 is 2. The summed E-state index contributed by atoms with van der Waals surface area (Å²) in [4.78, 5) is 63.7. The maximum absolute atomic E-state index is 12.9. The molecule has 1 fully saturated rings. The standard InChI is InChI=1S/C29H33Cl2N3O7/c1-34-24(36)12-15-29(34,16-13-25(37)40-2)14-11-23(35)33-22(28(39)41-3)17-18-7-9-19(10-8-18)32-27(38)26-20(30)5-4-6-21(26)31/h4-10,22H,11-17H2,1-3H3,(H,32,38)(H,33,35). The molecular formula is C29H33Cl2N3O7. The number of rotatable bonds is 12. The number of halogens is 2. The minimum absolute atomic E-state index is 0.0435. The van der Waals surface area contributed by atoms with Crippen LogP contribution in [0, 0.1) is 0 Å². The second-order valence-electron chi connectivity index (χ2n) is 9.85. The summed E-state index contributed by atoms with van der Waals surface area (Å²) in [5.74, 6) is -1.89. The van der Waals surface area contributed by atoms with Crippen LogP contribution in [0.1, 0.15) is 54.4 Å². The van der Waals surface area contributed by atoms with Crippen molar-refractivity contribution in [3.63, 3.8) is 0 Å². The molecule has 0 aromatic heterocycles. The quantitative estimate of drug-likeness (QED) is 0.347. The third kappa shape index (κ3) is 8.20. The average Bonchev–Trinajstić information content (AvgIpc) is 3.23. The molecule has 41 heavy (non-hydrogen) atoms. The van der Waals surface area contributed by atoms with E-state index >= 15 is 0 Å². The maximum atomic E-state index is 12.9. The van der Waals surface area contributed by atoms with Crippen LogP contribution in [0.5, 0.6) is 0 Å². The van der Waals surface area contributed by atoms with Gasteiger partial charge in [0.15, 0.2) is 0 Å². The molecule has 0 aliphatic carbocycles. The van der Waals surface area contributed by atoms with E-state index in [0.717, 1.165) is 0 Å². The zero-order valence-corrected chi connectivity index (χ0v) is 24.6. The van der Waals surface area contributed by atoms with E-state index in [1.807, 2.05) is 0 Å². The average molecular weight is 607 g/mol. The Morgan fingerprint density at radius 2 is 1.61 bits per heavy atom. The Labute approximate surface area is 248 Å². The molecule has 2 aromatic carbocycles. The second kappa shape index (κ2) is 14.3. The molecule has 12 heteroatoms. The maximum Gasteiger partial charge on any atom is 0.328 e. The zero-order valence-electron chi connectivity index (χ0n) is 23.1. The molecular weight excluding hydrogens is 573 g/mol. The van der Waals surface area contributed by atoms with E-state index in [4.69, 9.17) is 32.7 Å². The Morgan fingerprint density at radius 3 is 2.17 bits per heavy atom. The minimum Gasteiger partial charge on any atom is -0.469 e. The summed E-state index contributed by atoms with van der Waals surface area (Å²) in [6.07, 6.45) is 1.89. The molecule has 2 atom stereocenters. The van der Waals surface area contributed by atoms with Gasteiger partial charge in [0, 0.05) is 44.0 Å². The highest BCUT2D eigenvalue weighted by Gasteiger charge is 2.43. The fourth-order valence-corrected chi connectivity index (χ4v) is 5.47. The summed E-state index contributed by atoms with van der Waals surface area (Å²) in [6.45, 7) is 0. The van der Waals surface area contributed by atoms with Gasteiger partial charge in [-0.2, -0.15) is 0 Å². The first-order valence-corrected chi connectivity index (χ1v) is 13.8. The first-order valence-electron chi connectivity index (χ1n) is 13.0. The van der Waals surface area contributed by atoms with E-state index in [-0.39, 0.29) is 52.7 Å². The van der Waals surface area contributed by atoms with Crippen molar-refractivity contribution >= 4 is 58.5 Å². The summed E-state index contributed by atoms with van der Waals surface area (Å²) in [7, 11) is 4.22. The zero-order chi connectivity index (χ0) is 30.2. The van der Waals surface area contributed by atoms with E-state index in [9.17, 15) is 24.0 Å². The van der Waals surface area contributed by atoms with Gasteiger partial charge >= 0.3 is 11.9 Å². The number of hydrogen-bond acceptors (Lipinski definition) is 7. The lowest BCUT2D eigenvalue weighted by atomic mass is 9.85. The molecule has 1 aliphatic rings. The number of ether oxygens (including phenoxy) is 2. The first-order chi connectivity index (χ1) is 19.5. The Balaban J connectivity index is 1.62. The normalized spacial score (nSPS) is 17.1. The van der Waals surface area contributed by atoms with Crippen molar-refractivity contribution in [2.75, 3.05) is 26.6 Å². The lowest BCUT2D eigenvalue weighted by molar-refractivity contribution is -0.145. The number of benzene rings is 2. The number of carbonyl (C=O) groups is 5. The summed E-state index contributed by atoms with van der Waals surface area (Å²) in [6, 6.07) is 10.6. The van der Waals surface area contributed by atoms with Crippen molar-refractivity contribution in [2.24, 2.45) is 0 Å². The molecule has 0 radical (unpaired) electrons. The topological polar surface area (TPSA) is 131 Å². The molecule has 0 bridgehead atoms. The van der Waals surface area contributed by atoms with Gasteiger partial charge in [-0.15, -0.1) is 0 Å². The van der Waals surface area contributed by atoms with E-state index in [2.05, 4.69) is 10.6 Å². The highest BCUT2D eigenvalue weighted by Crippen LogP contribution is 2.37. The summed E-state index contributed by atoms with van der Waals surface area (Å²) < 4.78 is 9.64. The summed E-state index contributed by atoms with van der Waals surface area (Å²) >= 11 is 12.2. The van der Waals surface area contributed by atoms with E-state index in [1.54, 1.807) is 54.4 Å². The smallest absolute Gasteiger partial charge is 0.328 e.